The number of carbonyl (C=O) groups excluding carboxylic acids is 1. The Bertz CT molecular complexity index is 569. The van der Waals surface area contributed by atoms with Crippen LogP contribution < -0.4 is 16.0 Å². The van der Waals surface area contributed by atoms with Gasteiger partial charge < -0.3 is 16.0 Å². The molecular formula is C15H22N4OS. The van der Waals surface area contributed by atoms with E-state index in [0.717, 1.165) is 30.9 Å². The molecule has 1 aromatic heterocycles. The molecule has 0 bridgehead atoms. The molecule has 1 aromatic rings. The molecule has 1 amide bonds. The molecule has 0 aromatic carbocycles. The first-order chi connectivity index (χ1) is 9.97. The maximum atomic E-state index is 12.2. The number of nitriles is 1. The van der Waals surface area contributed by atoms with Crippen molar-refractivity contribution in [2.75, 3.05) is 23.7 Å². The van der Waals surface area contributed by atoms with Gasteiger partial charge in [-0.15, -0.1) is 11.3 Å². The lowest BCUT2D eigenvalue weighted by molar-refractivity contribution is 0.0956. The van der Waals surface area contributed by atoms with Gasteiger partial charge >= 0.3 is 0 Å². The minimum absolute atomic E-state index is 0.150. The maximum Gasteiger partial charge on any atom is 0.263 e. The number of hydrogen-bond donors (Lipinski definition) is 2. The third kappa shape index (κ3) is 3.48. The number of rotatable bonds is 6. The lowest BCUT2D eigenvalue weighted by atomic mass is 10.2. The molecule has 1 fully saturated rings. The van der Waals surface area contributed by atoms with Crippen LogP contribution in [0.4, 0.5) is 10.7 Å². The Labute approximate surface area is 129 Å². The number of hydrogen-bond acceptors (Lipinski definition) is 5. The van der Waals surface area contributed by atoms with Gasteiger partial charge in [0, 0.05) is 19.1 Å². The van der Waals surface area contributed by atoms with E-state index in [0.29, 0.717) is 22.0 Å². The van der Waals surface area contributed by atoms with Crippen molar-refractivity contribution in [1.82, 2.24) is 5.32 Å². The highest BCUT2D eigenvalue weighted by Crippen LogP contribution is 2.38. The van der Waals surface area contributed by atoms with Crippen molar-refractivity contribution in [3.63, 3.8) is 0 Å². The molecule has 0 saturated heterocycles. The summed E-state index contributed by atoms with van der Waals surface area (Å²) in [6.07, 6.45) is 2.06. The summed E-state index contributed by atoms with van der Waals surface area (Å²) in [5.74, 6) is 0.326. The topological polar surface area (TPSA) is 82.2 Å². The molecule has 1 heterocycles. The van der Waals surface area contributed by atoms with E-state index >= 15 is 0 Å². The number of thiophene rings is 1. The Morgan fingerprint density at radius 1 is 1.57 bits per heavy atom. The highest BCUT2D eigenvalue weighted by atomic mass is 32.1. The Hall–Kier alpha value is -1.74. The summed E-state index contributed by atoms with van der Waals surface area (Å²) in [7, 11) is 0. The van der Waals surface area contributed by atoms with Crippen molar-refractivity contribution >= 4 is 27.9 Å². The molecule has 3 N–H and O–H groups in total. The first kappa shape index (κ1) is 15.6. The Morgan fingerprint density at radius 2 is 2.24 bits per heavy atom. The predicted octanol–water partition coefficient (Wildman–Crippen LogP) is 2.58. The Morgan fingerprint density at radius 3 is 2.71 bits per heavy atom. The van der Waals surface area contributed by atoms with Gasteiger partial charge in [0.15, 0.2) is 0 Å². The second-order valence-corrected chi connectivity index (χ2v) is 6.82. The second-order valence-electron chi connectivity index (χ2n) is 5.82. The summed E-state index contributed by atoms with van der Waals surface area (Å²) >= 11 is 1.33. The summed E-state index contributed by atoms with van der Waals surface area (Å²) in [6.45, 7) is 7.94. The van der Waals surface area contributed by atoms with Crippen LogP contribution in [0.1, 0.15) is 48.8 Å². The molecule has 1 saturated carbocycles. The van der Waals surface area contributed by atoms with Crippen LogP contribution in [0.25, 0.3) is 0 Å². The zero-order chi connectivity index (χ0) is 15.6. The molecule has 114 valence electrons. The lowest BCUT2D eigenvalue weighted by Crippen LogP contribution is -2.27. The van der Waals surface area contributed by atoms with Gasteiger partial charge in [-0.3, -0.25) is 4.79 Å². The van der Waals surface area contributed by atoms with Gasteiger partial charge in [0.25, 0.3) is 5.91 Å². The minimum atomic E-state index is -0.150. The van der Waals surface area contributed by atoms with E-state index in [9.17, 15) is 10.1 Å². The summed E-state index contributed by atoms with van der Waals surface area (Å²) in [4.78, 5) is 14.8. The molecule has 21 heavy (non-hydrogen) atoms. The van der Waals surface area contributed by atoms with E-state index in [4.69, 9.17) is 5.73 Å². The van der Waals surface area contributed by atoms with Crippen molar-refractivity contribution in [1.29, 1.82) is 5.26 Å². The monoisotopic (exact) mass is 306 g/mol. The summed E-state index contributed by atoms with van der Waals surface area (Å²) in [6, 6.07) is 2.44. The summed E-state index contributed by atoms with van der Waals surface area (Å²) in [5.41, 5.74) is 6.79. The van der Waals surface area contributed by atoms with Gasteiger partial charge in [-0.1, -0.05) is 13.8 Å². The Balaban J connectivity index is 2.32. The van der Waals surface area contributed by atoms with E-state index in [2.05, 4.69) is 30.1 Å². The maximum absolute atomic E-state index is 12.2. The minimum Gasteiger partial charge on any atom is -0.396 e. The van der Waals surface area contributed by atoms with Crippen molar-refractivity contribution < 1.29 is 4.79 Å². The average Bonchev–Trinajstić information content (AvgIpc) is 3.17. The molecule has 5 nitrogen and oxygen atoms in total. The van der Waals surface area contributed by atoms with Crippen molar-refractivity contribution in [3.8, 4) is 6.07 Å². The highest BCUT2D eigenvalue weighted by molar-refractivity contribution is 7.19. The van der Waals surface area contributed by atoms with Crippen molar-refractivity contribution in [3.05, 3.63) is 10.4 Å². The fourth-order valence-electron chi connectivity index (χ4n) is 2.21. The molecule has 0 spiro atoms. The zero-order valence-electron chi connectivity index (χ0n) is 12.8. The van der Waals surface area contributed by atoms with Gasteiger partial charge in [0.1, 0.15) is 21.5 Å². The molecule has 1 aliphatic carbocycles. The van der Waals surface area contributed by atoms with E-state index < -0.39 is 0 Å². The second kappa shape index (κ2) is 6.35. The van der Waals surface area contributed by atoms with Crippen molar-refractivity contribution in [2.24, 2.45) is 5.92 Å². The molecule has 0 atom stereocenters. The molecule has 2 rings (SSSR count). The van der Waals surface area contributed by atoms with Crippen LogP contribution in [0.5, 0.6) is 0 Å². The number of nitrogens with zero attached hydrogens (tertiary/aromatic N) is 2. The zero-order valence-corrected chi connectivity index (χ0v) is 13.6. The largest absolute Gasteiger partial charge is 0.396 e. The summed E-state index contributed by atoms with van der Waals surface area (Å²) in [5, 5.41) is 13.1. The molecule has 1 aliphatic rings. The highest BCUT2D eigenvalue weighted by Gasteiger charge is 2.28. The number of anilines is 2. The summed E-state index contributed by atoms with van der Waals surface area (Å²) < 4.78 is 0. The third-order valence-corrected chi connectivity index (χ3v) is 4.68. The number of amides is 1. The SMILES string of the molecule is CCN(CC(C)C)c1sc(C(=O)NC2CC2)c(N)c1C#N. The number of nitrogen functional groups attached to an aromatic ring is 1. The van der Waals surface area contributed by atoms with E-state index in [1.807, 2.05) is 6.92 Å². The first-order valence-electron chi connectivity index (χ1n) is 7.36. The molecule has 6 heteroatoms. The molecule has 0 unspecified atom stereocenters. The smallest absolute Gasteiger partial charge is 0.263 e. The van der Waals surface area contributed by atoms with Crippen LogP contribution in [0.3, 0.4) is 0 Å². The van der Waals surface area contributed by atoms with Gasteiger partial charge in [-0.25, -0.2) is 0 Å². The molecule has 0 aliphatic heterocycles. The number of nitrogens with two attached hydrogens (primary N) is 1. The van der Waals surface area contributed by atoms with Crippen LogP contribution in [-0.2, 0) is 0 Å². The van der Waals surface area contributed by atoms with Crippen LogP contribution in [0, 0.1) is 17.2 Å². The first-order valence-corrected chi connectivity index (χ1v) is 8.17. The van der Waals surface area contributed by atoms with Gasteiger partial charge in [0.05, 0.1) is 5.69 Å². The van der Waals surface area contributed by atoms with E-state index in [1.165, 1.54) is 11.3 Å². The fourth-order valence-corrected chi connectivity index (χ4v) is 3.35. The standard InChI is InChI=1S/C15H22N4OS/c1-4-19(8-9(2)3)15-11(7-16)12(17)13(21-15)14(20)18-10-5-6-10/h9-10H,4-6,8,17H2,1-3H3,(H,18,20). The molecule has 0 radical (unpaired) electrons. The van der Waals surface area contributed by atoms with Gasteiger partial charge in [0.2, 0.25) is 0 Å². The van der Waals surface area contributed by atoms with Crippen LogP contribution in [0.15, 0.2) is 0 Å². The van der Waals surface area contributed by atoms with Gasteiger partial charge in [-0.2, -0.15) is 5.26 Å². The fraction of sp³-hybridized carbons (Fsp3) is 0.600. The van der Waals surface area contributed by atoms with Crippen molar-refractivity contribution in [2.45, 2.75) is 39.7 Å². The third-order valence-electron chi connectivity index (χ3n) is 3.41. The number of carbonyl (C=O) groups is 1. The van der Waals surface area contributed by atoms with E-state index in [-0.39, 0.29) is 11.9 Å². The lowest BCUT2D eigenvalue weighted by Gasteiger charge is -2.23. The predicted molar refractivity (Wildman–Crippen MR) is 86.7 cm³/mol. The average molecular weight is 306 g/mol. The van der Waals surface area contributed by atoms with E-state index in [1.54, 1.807) is 0 Å². The normalized spacial score (nSPS) is 14.0. The number of nitrogens with one attached hydrogen (secondary N) is 1. The quantitative estimate of drug-likeness (QED) is 0.846. The molecular weight excluding hydrogens is 284 g/mol. The van der Waals surface area contributed by atoms with Crippen LogP contribution in [-0.4, -0.2) is 25.0 Å². The van der Waals surface area contributed by atoms with Crippen LogP contribution in [0.2, 0.25) is 0 Å². The van der Waals surface area contributed by atoms with Gasteiger partial charge in [-0.05, 0) is 25.7 Å². The Kier molecular flexibility index (Phi) is 4.73. The van der Waals surface area contributed by atoms with Crippen LogP contribution >= 0.6 is 11.3 Å².